The van der Waals surface area contributed by atoms with Crippen molar-refractivity contribution in [2.45, 2.75) is 38.7 Å². The van der Waals surface area contributed by atoms with Crippen LogP contribution in [-0.4, -0.2) is 17.0 Å². The summed E-state index contributed by atoms with van der Waals surface area (Å²) >= 11 is 0. The highest BCUT2D eigenvalue weighted by Crippen LogP contribution is 2.48. The van der Waals surface area contributed by atoms with Crippen LogP contribution in [0.15, 0.2) is 11.6 Å². The molecule has 2 heteroatoms. The lowest BCUT2D eigenvalue weighted by Crippen LogP contribution is -2.31. The largest absolute Gasteiger partial charge is 0.392 e. The van der Waals surface area contributed by atoms with Crippen molar-refractivity contribution >= 4 is 5.78 Å². The van der Waals surface area contributed by atoms with Crippen LogP contribution in [0.5, 0.6) is 0 Å². The van der Waals surface area contributed by atoms with E-state index in [9.17, 15) is 9.90 Å². The second-order valence-corrected chi connectivity index (χ2v) is 4.11. The van der Waals surface area contributed by atoms with Gasteiger partial charge in [-0.05, 0) is 25.3 Å². The lowest BCUT2D eigenvalue weighted by Gasteiger charge is -2.32. The molecule has 2 rings (SSSR count). The van der Waals surface area contributed by atoms with Crippen molar-refractivity contribution < 1.29 is 9.90 Å². The van der Waals surface area contributed by atoms with Gasteiger partial charge in [-0.3, -0.25) is 4.79 Å². The fourth-order valence-corrected chi connectivity index (χ4v) is 2.32. The van der Waals surface area contributed by atoms with Crippen LogP contribution in [0.2, 0.25) is 0 Å². The molecule has 0 spiro atoms. The summed E-state index contributed by atoms with van der Waals surface area (Å²) in [6, 6.07) is 0. The van der Waals surface area contributed by atoms with Gasteiger partial charge in [0, 0.05) is 11.8 Å². The molecule has 0 bridgehead atoms. The number of aliphatic hydroxyl groups is 1. The number of allylic oxidation sites excluding steroid dienone is 1. The molecule has 1 saturated carbocycles. The van der Waals surface area contributed by atoms with Crippen LogP contribution in [0.1, 0.15) is 32.6 Å². The van der Waals surface area contributed by atoms with E-state index in [4.69, 9.17) is 0 Å². The molecule has 0 aromatic heterocycles. The van der Waals surface area contributed by atoms with Crippen LogP contribution in [0.25, 0.3) is 0 Å². The van der Waals surface area contributed by atoms with E-state index in [1.165, 1.54) is 5.57 Å². The first kappa shape index (κ1) is 7.99. The summed E-state index contributed by atoms with van der Waals surface area (Å²) in [5, 5.41) is 9.72. The SMILES string of the molecule is C[C@]12CCC(=O)C=C1CC[C@@H]2O. The van der Waals surface area contributed by atoms with Gasteiger partial charge in [-0.1, -0.05) is 12.5 Å². The Morgan fingerprint density at radius 1 is 1.58 bits per heavy atom. The smallest absolute Gasteiger partial charge is 0.155 e. The van der Waals surface area contributed by atoms with Crippen molar-refractivity contribution in [3.63, 3.8) is 0 Å². The van der Waals surface area contributed by atoms with E-state index in [0.717, 1.165) is 19.3 Å². The quantitative estimate of drug-likeness (QED) is 0.591. The van der Waals surface area contributed by atoms with Gasteiger partial charge in [0.25, 0.3) is 0 Å². The van der Waals surface area contributed by atoms with E-state index in [-0.39, 0.29) is 17.3 Å². The van der Waals surface area contributed by atoms with E-state index < -0.39 is 0 Å². The molecule has 66 valence electrons. The molecular weight excluding hydrogens is 152 g/mol. The number of hydrogen-bond acceptors (Lipinski definition) is 2. The summed E-state index contributed by atoms with van der Waals surface area (Å²) < 4.78 is 0. The van der Waals surface area contributed by atoms with Crippen molar-refractivity contribution in [3.05, 3.63) is 11.6 Å². The Balaban J connectivity index is 2.37. The van der Waals surface area contributed by atoms with Crippen LogP contribution >= 0.6 is 0 Å². The van der Waals surface area contributed by atoms with Crippen LogP contribution < -0.4 is 0 Å². The number of ketones is 1. The average Bonchev–Trinajstić information content (AvgIpc) is 2.31. The Hall–Kier alpha value is -0.630. The molecule has 0 aromatic rings. The van der Waals surface area contributed by atoms with Gasteiger partial charge in [0.15, 0.2) is 5.78 Å². The minimum atomic E-state index is -0.225. The predicted molar refractivity (Wildman–Crippen MR) is 45.7 cm³/mol. The molecule has 1 N–H and O–H groups in total. The number of fused-ring (bicyclic) bond motifs is 1. The van der Waals surface area contributed by atoms with Crippen LogP contribution in [0.3, 0.4) is 0 Å². The second kappa shape index (κ2) is 2.43. The van der Waals surface area contributed by atoms with Crippen molar-refractivity contribution in [1.82, 2.24) is 0 Å². The maximum Gasteiger partial charge on any atom is 0.155 e. The van der Waals surface area contributed by atoms with Crippen molar-refractivity contribution in [3.8, 4) is 0 Å². The fraction of sp³-hybridized carbons (Fsp3) is 0.700. The molecular formula is C10H14O2. The van der Waals surface area contributed by atoms with Gasteiger partial charge in [-0.15, -0.1) is 0 Å². The van der Waals surface area contributed by atoms with Crippen LogP contribution in [0.4, 0.5) is 0 Å². The number of aliphatic hydroxyl groups excluding tert-OH is 1. The summed E-state index contributed by atoms with van der Waals surface area (Å²) in [7, 11) is 0. The normalized spacial score (nSPS) is 41.0. The van der Waals surface area contributed by atoms with E-state index >= 15 is 0 Å². The highest BCUT2D eigenvalue weighted by Gasteiger charge is 2.43. The molecule has 0 heterocycles. The molecule has 0 aromatic carbocycles. The molecule has 0 unspecified atom stereocenters. The van der Waals surface area contributed by atoms with Gasteiger partial charge in [0.2, 0.25) is 0 Å². The highest BCUT2D eigenvalue weighted by molar-refractivity contribution is 5.91. The van der Waals surface area contributed by atoms with E-state index in [1.807, 2.05) is 0 Å². The molecule has 0 amide bonds. The van der Waals surface area contributed by atoms with Gasteiger partial charge in [0.05, 0.1) is 6.10 Å². The summed E-state index contributed by atoms with van der Waals surface area (Å²) in [5.74, 6) is 0.233. The van der Waals surface area contributed by atoms with Gasteiger partial charge in [-0.2, -0.15) is 0 Å². The minimum Gasteiger partial charge on any atom is -0.392 e. The molecule has 2 nitrogen and oxygen atoms in total. The van der Waals surface area contributed by atoms with Crippen molar-refractivity contribution in [2.24, 2.45) is 5.41 Å². The maximum absolute atomic E-state index is 11.1. The summed E-state index contributed by atoms with van der Waals surface area (Å²) in [6.45, 7) is 2.07. The van der Waals surface area contributed by atoms with Gasteiger partial charge < -0.3 is 5.11 Å². The zero-order chi connectivity index (χ0) is 8.77. The van der Waals surface area contributed by atoms with Gasteiger partial charge >= 0.3 is 0 Å². The Morgan fingerprint density at radius 2 is 2.33 bits per heavy atom. The Bertz CT molecular complexity index is 255. The number of carbonyl (C=O) groups excluding carboxylic acids is 1. The van der Waals surface area contributed by atoms with Crippen LogP contribution in [0, 0.1) is 5.41 Å². The third kappa shape index (κ3) is 0.944. The monoisotopic (exact) mass is 166 g/mol. The van der Waals surface area contributed by atoms with Gasteiger partial charge in [0.1, 0.15) is 0 Å². The molecule has 0 aliphatic heterocycles. The predicted octanol–water partition coefficient (Wildman–Crippen LogP) is 1.44. The zero-order valence-electron chi connectivity index (χ0n) is 7.34. The molecule has 2 aliphatic carbocycles. The van der Waals surface area contributed by atoms with Crippen molar-refractivity contribution in [2.75, 3.05) is 0 Å². The standard InChI is InChI=1S/C10H14O2/c1-10-5-4-8(11)6-7(10)2-3-9(10)12/h6,9,12H,2-5H2,1H3/t9-,10-/m0/s1. The molecule has 1 fully saturated rings. The zero-order valence-corrected chi connectivity index (χ0v) is 7.34. The number of hydrogen-bond donors (Lipinski definition) is 1. The lowest BCUT2D eigenvalue weighted by molar-refractivity contribution is -0.116. The summed E-state index contributed by atoms with van der Waals surface area (Å²) in [4.78, 5) is 11.1. The van der Waals surface area contributed by atoms with E-state index in [2.05, 4.69) is 6.92 Å². The van der Waals surface area contributed by atoms with Gasteiger partial charge in [-0.25, -0.2) is 0 Å². The third-order valence-electron chi connectivity index (χ3n) is 3.38. The topological polar surface area (TPSA) is 37.3 Å². The first-order chi connectivity index (χ1) is 5.63. The summed E-state index contributed by atoms with van der Waals surface area (Å²) in [5.41, 5.74) is 1.10. The summed E-state index contributed by atoms with van der Waals surface area (Å²) in [6.07, 6.45) is 4.70. The minimum absolute atomic E-state index is 0.0755. The molecule has 0 saturated heterocycles. The Labute approximate surface area is 72.3 Å². The van der Waals surface area contributed by atoms with Crippen LogP contribution in [-0.2, 0) is 4.79 Å². The first-order valence-electron chi connectivity index (χ1n) is 4.55. The lowest BCUT2D eigenvalue weighted by atomic mass is 9.74. The van der Waals surface area contributed by atoms with E-state index in [0.29, 0.717) is 6.42 Å². The molecule has 2 aliphatic rings. The van der Waals surface area contributed by atoms with Crippen molar-refractivity contribution in [1.29, 1.82) is 0 Å². The second-order valence-electron chi connectivity index (χ2n) is 4.11. The number of carbonyl (C=O) groups is 1. The Kier molecular flexibility index (Phi) is 1.62. The Morgan fingerprint density at radius 3 is 3.08 bits per heavy atom. The average molecular weight is 166 g/mol. The molecule has 0 radical (unpaired) electrons. The maximum atomic E-state index is 11.1. The fourth-order valence-electron chi connectivity index (χ4n) is 2.32. The number of rotatable bonds is 0. The molecule has 2 atom stereocenters. The third-order valence-corrected chi connectivity index (χ3v) is 3.38. The highest BCUT2D eigenvalue weighted by atomic mass is 16.3. The molecule has 12 heavy (non-hydrogen) atoms. The van der Waals surface area contributed by atoms with E-state index in [1.54, 1.807) is 6.08 Å². The first-order valence-corrected chi connectivity index (χ1v) is 4.55.